The lowest BCUT2D eigenvalue weighted by atomic mass is 9.44. The maximum Gasteiger partial charge on any atom is 0.184 e. The molecule has 0 aromatic rings. The summed E-state index contributed by atoms with van der Waals surface area (Å²) >= 11 is 0. The van der Waals surface area contributed by atoms with Crippen molar-refractivity contribution in [3.05, 3.63) is 0 Å². The summed E-state index contributed by atoms with van der Waals surface area (Å²) in [5.41, 5.74) is 1.05. The van der Waals surface area contributed by atoms with Crippen molar-refractivity contribution in [3.63, 3.8) is 0 Å². The maximum atomic E-state index is 6.96. The SMILES string of the molecule is CC12CC[C@@H](O[Si](C)(C)C)C[C@@H]1CCC1C2CCC2(C)C1CC[C@]2(C)O[Si](C)(C)C. The first-order chi connectivity index (χ1) is 13.7. The van der Waals surface area contributed by atoms with Gasteiger partial charge in [-0.25, -0.2) is 0 Å². The van der Waals surface area contributed by atoms with Crippen LogP contribution in [-0.4, -0.2) is 28.3 Å². The second-order valence-corrected chi connectivity index (χ2v) is 23.1. The van der Waals surface area contributed by atoms with Gasteiger partial charge in [-0.1, -0.05) is 13.8 Å². The van der Waals surface area contributed by atoms with Crippen molar-refractivity contribution in [1.82, 2.24) is 0 Å². The predicted octanol–water partition coefficient (Wildman–Crippen LogP) is 7.86. The van der Waals surface area contributed by atoms with Crippen molar-refractivity contribution in [1.29, 1.82) is 0 Å². The van der Waals surface area contributed by atoms with E-state index in [0.29, 0.717) is 16.9 Å². The molecule has 4 aliphatic carbocycles. The molecule has 4 saturated carbocycles. The lowest BCUT2D eigenvalue weighted by molar-refractivity contribution is -0.148. The van der Waals surface area contributed by atoms with Crippen molar-refractivity contribution in [2.75, 3.05) is 0 Å². The Kier molecular flexibility index (Phi) is 5.82. The highest BCUT2D eigenvalue weighted by Crippen LogP contribution is 2.69. The van der Waals surface area contributed by atoms with E-state index in [1.54, 1.807) is 0 Å². The molecular weight excluding hydrogens is 400 g/mol. The Hall–Kier alpha value is 0.354. The third-order valence-corrected chi connectivity index (χ3v) is 12.3. The summed E-state index contributed by atoms with van der Waals surface area (Å²) in [5, 5.41) is 0. The Morgan fingerprint density at radius 1 is 0.700 bits per heavy atom. The Labute approximate surface area is 189 Å². The molecule has 0 aliphatic heterocycles. The molecule has 0 heterocycles. The molecule has 5 unspecified atom stereocenters. The Morgan fingerprint density at radius 3 is 2.00 bits per heavy atom. The van der Waals surface area contributed by atoms with E-state index < -0.39 is 16.6 Å². The Morgan fingerprint density at radius 2 is 1.37 bits per heavy atom. The van der Waals surface area contributed by atoms with Crippen LogP contribution in [0.3, 0.4) is 0 Å². The zero-order valence-electron chi connectivity index (χ0n) is 21.6. The van der Waals surface area contributed by atoms with E-state index in [0.717, 1.165) is 23.7 Å². The normalized spacial score (nSPS) is 49.3. The second kappa shape index (κ2) is 7.43. The van der Waals surface area contributed by atoms with Crippen molar-refractivity contribution < 1.29 is 8.85 Å². The smallest absolute Gasteiger partial charge is 0.184 e. The number of hydrogen-bond donors (Lipinski definition) is 0. The molecule has 30 heavy (non-hydrogen) atoms. The van der Waals surface area contributed by atoms with Crippen LogP contribution < -0.4 is 0 Å². The molecule has 174 valence electrons. The largest absolute Gasteiger partial charge is 0.415 e. The van der Waals surface area contributed by atoms with Crippen molar-refractivity contribution in [3.8, 4) is 0 Å². The van der Waals surface area contributed by atoms with Gasteiger partial charge in [-0.3, -0.25) is 0 Å². The average molecular weight is 451 g/mol. The molecule has 0 amide bonds. The first kappa shape index (κ1) is 23.5. The predicted molar refractivity (Wildman–Crippen MR) is 133 cm³/mol. The number of hydrogen-bond acceptors (Lipinski definition) is 2. The summed E-state index contributed by atoms with van der Waals surface area (Å²) in [6, 6.07) is 0. The van der Waals surface area contributed by atoms with E-state index in [2.05, 4.69) is 60.1 Å². The van der Waals surface area contributed by atoms with E-state index in [-0.39, 0.29) is 5.60 Å². The molecule has 0 N–H and O–H groups in total. The molecule has 0 aromatic heterocycles. The monoisotopic (exact) mass is 450 g/mol. The van der Waals surface area contributed by atoms with E-state index in [1.807, 2.05) is 0 Å². The third-order valence-electron chi connectivity index (χ3n) is 10.2. The van der Waals surface area contributed by atoms with Crippen molar-refractivity contribution >= 4 is 16.6 Å². The first-order valence-corrected chi connectivity index (χ1v) is 19.9. The van der Waals surface area contributed by atoms with Crippen LogP contribution in [0.2, 0.25) is 39.3 Å². The van der Waals surface area contributed by atoms with E-state index in [9.17, 15) is 0 Å². The molecule has 2 nitrogen and oxygen atoms in total. The van der Waals surface area contributed by atoms with Crippen molar-refractivity contribution in [2.24, 2.45) is 34.5 Å². The quantitative estimate of drug-likeness (QED) is 0.406. The van der Waals surface area contributed by atoms with Crippen LogP contribution in [-0.2, 0) is 8.85 Å². The zero-order chi connectivity index (χ0) is 22.2. The average Bonchev–Trinajstić information content (AvgIpc) is 2.83. The van der Waals surface area contributed by atoms with Crippen LogP contribution in [0.15, 0.2) is 0 Å². The van der Waals surface area contributed by atoms with Gasteiger partial charge in [0.05, 0.1) is 5.60 Å². The topological polar surface area (TPSA) is 18.5 Å². The van der Waals surface area contributed by atoms with E-state index in [1.165, 1.54) is 57.8 Å². The van der Waals surface area contributed by atoms with Gasteiger partial charge in [0.2, 0.25) is 0 Å². The zero-order valence-corrected chi connectivity index (χ0v) is 23.6. The molecule has 0 spiro atoms. The molecule has 0 radical (unpaired) electrons. The van der Waals surface area contributed by atoms with Gasteiger partial charge < -0.3 is 8.85 Å². The molecule has 4 heteroatoms. The molecule has 0 bridgehead atoms. The van der Waals surface area contributed by atoms with Gasteiger partial charge in [-0.05, 0) is 138 Å². The lowest BCUT2D eigenvalue weighted by Gasteiger charge is -2.62. The van der Waals surface area contributed by atoms with Gasteiger partial charge in [0.15, 0.2) is 16.6 Å². The van der Waals surface area contributed by atoms with Crippen molar-refractivity contribution in [2.45, 2.75) is 130 Å². The van der Waals surface area contributed by atoms with Crippen LogP contribution in [0.4, 0.5) is 0 Å². The fourth-order valence-electron chi connectivity index (χ4n) is 8.89. The summed E-state index contributed by atoms with van der Waals surface area (Å²) < 4.78 is 13.6. The van der Waals surface area contributed by atoms with Gasteiger partial charge in [0, 0.05) is 6.10 Å². The van der Waals surface area contributed by atoms with Crippen LogP contribution in [0.5, 0.6) is 0 Å². The van der Waals surface area contributed by atoms with Gasteiger partial charge in [0.25, 0.3) is 0 Å². The van der Waals surface area contributed by atoms with Gasteiger partial charge in [-0.2, -0.15) is 0 Å². The minimum absolute atomic E-state index is 0.105. The first-order valence-electron chi connectivity index (χ1n) is 13.0. The summed E-state index contributed by atoms with van der Waals surface area (Å²) in [4.78, 5) is 0. The molecule has 0 aromatic carbocycles. The summed E-state index contributed by atoms with van der Waals surface area (Å²) in [7, 11) is -2.98. The molecule has 4 aliphatic rings. The maximum absolute atomic E-state index is 6.96. The second-order valence-electron chi connectivity index (χ2n) is 14.2. The third kappa shape index (κ3) is 3.94. The van der Waals surface area contributed by atoms with Gasteiger partial charge in [-0.15, -0.1) is 0 Å². The summed E-state index contributed by atoms with van der Waals surface area (Å²) in [5.74, 6) is 3.65. The summed E-state index contributed by atoms with van der Waals surface area (Å²) in [6.45, 7) is 22.0. The highest BCUT2D eigenvalue weighted by Gasteiger charge is 2.64. The summed E-state index contributed by atoms with van der Waals surface area (Å²) in [6.07, 6.45) is 13.0. The van der Waals surface area contributed by atoms with Crippen LogP contribution in [0.25, 0.3) is 0 Å². The minimum atomic E-state index is -1.54. The van der Waals surface area contributed by atoms with Crippen LogP contribution >= 0.6 is 0 Å². The molecular formula is C26H50O2Si2. The highest BCUT2D eigenvalue weighted by atomic mass is 28.4. The van der Waals surface area contributed by atoms with Crippen LogP contribution in [0.1, 0.15) is 78.6 Å². The minimum Gasteiger partial charge on any atom is -0.415 e. The van der Waals surface area contributed by atoms with Gasteiger partial charge >= 0.3 is 0 Å². The lowest BCUT2D eigenvalue weighted by Crippen LogP contribution is -2.58. The molecule has 0 saturated heterocycles. The number of fused-ring (bicyclic) bond motifs is 5. The molecule has 8 atom stereocenters. The molecule has 4 rings (SSSR count). The fraction of sp³-hybridized carbons (Fsp3) is 1.00. The fourth-order valence-corrected chi connectivity index (χ4v) is 11.8. The van der Waals surface area contributed by atoms with E-state index in [4.69, 9.17) is 8.85 Å². The number of rotatable bonds is 4. The van der Waals surface area contributed by atoms with Gasteiger partial charge in [0.1, 0.15) is 0 Å². The standard InChI is InChI=1S/C26H50O2Si2/c1-24-15-12-20(27-29(4,5)6)18-19(24)10-11-21-22(24)13-16-25(2)23(21)14-17-26(25,3)28-30(7,8)9/h19-23H,10-18H2,1-9H3/t19-,20+,21?,22?,23?,24?,25?,26-/m0/s1. The molecule has 4 fully saturated rings. The highest BCUT2D eigenvalue weighted by molar-refractivity contribution is 6.70. The Balaban J connectivity index is 1.52. The Bertz CT molecular complexity index is 652. The van der Waals surface area contributed by atoms with E-state index >= 15 is 0 Å². The van der Waals surface area contributed by atoms with Crippen LogP contribution in [0, 0.1) is 34.5 Å².